The maximum Gasteiger partial charge on any atom is 0.323 e. The monoisotopic (exact) mass is 253 g/mol. The smallest absolute Gasteiger partial charge is 0.323 e. The molecule has 0 aromatic heterocycles. The zero-order valence-electron chi connectivity index (χ0n) is 10.8. The van der Waals surface area contributed by atoms with E-state index in [1.807, 2.05) is 13.8 Å². The van der Waals surface area contributed by atoms with Crippen LogP contribution in [0.25, 0.3) is 0 Å². The maximum atomic E-state index is 11.5. The van der Waals surface area contributed by atoms with Gasteiger partial charge in [-0.3, -0.25) is 10.1 Å². The Hall–Kier alpha value is -1.75. The number of esters is 1. The molecule has 1 atom stereocenters. The van der Waals surface area contributed by atoms with Gasteiger partial charge in [0, 0.05) is 18.2 Å². The van der Waals surface area contributed by atoms with Crippen LogP contribution in [0.4, 0.5) is 0 Å². The number of ether oxygens (including phenoxy) is 1. The number of phenolic OH excluding ortho intramolecular Hbond substituents is 2. The predicted octanol–water partition coefficient (Wildman–Crippen LogP) is 1.38. The van der Waals surface area contributed by atoms with Gasteiger partial charge in [-0.1, -0.05) is 19.9 Å². The highest BCUT2D eigenvalue weighted by atomic mass is 16.5. The van der Waals surface area contributed by atoms with Gasteiger partial charge < -0.3 is 14.9 Å². The first-order valence-corrected chi connectivity index (χ1v) is 5.77. The minimum absolute atomic E-state index is 0.00428. The fraction of sp³-hybridized carbons (Fsp3) is 0.462. The lowest BCUT2D eigenvalue weighted by molar-refractivity contribution is -0.144. The molecule has 0 heterocycles. The van der Waals surface area contributed by atoms with Gasteiger partial charge in [-0.15, -0.1) is 0 Å². The van der Waals surface area contributed by atoms with Crippen molar-refractivity contribution in [1.29, 1.82) is 0 Å². The van der Waals surface area contributed by atoms with Crippen molar-refractivity contribution in [2.24, 2.45) is 5.92 Å². The van der Waals surface area contributed by atoms with Gasteiger partial charge in [0.1, 0.15) is 17.5 Å². The average molecular weight is 253 g/mol. The number of methoxy groups -OCH3 is 1. The lowest BCUT2D eigenvalue weighted by atomic mass is 10.0. The molecule has 100 valence electrons. The van der Waals surface area contributed by atoms with E-state index < -0.39 is 6.04 Å². The van der Waals surface area contributed by atoms with Gasteiger partial charge in [0.15, 0.2) is 0 Å². The molecule has 0 saturated carbocycles. The molecule has 3 N–H and O–H groups in total. The molecule has 18 heavy (non-hydrogen) atoms. The molecule has 0 unspecified atom stereocenters. The number of carbonyl (C=O) groups is 1. The molecule has 5 heteroatoms. The second-order valence-electron chi connectivity index (χ2n) is 4.44. The highest BCUT2D eigenvalue weighted by Crippen LogP contribution is 2.22. The van der Waals surface area contributed by atoms with Gasteiger partial charge in [-0.05, 0) is 12.0 Å². The molecule has 1 aromatic carbocycles. The molecule has 0 saturated heterocycles. The minimum Gasteiger partial charge on any atom is -0.508 e. The predicted molar refractivity (Wildman–Crippen MR) is 67.3 cm³/mol. The van der Waals surface area contributed by atoms with E-state index >= 15 is 0 Å². The number of rotatable bonds is 5. The molecule has 0 aliphatic heterocycles. The Kier molecular flexibility index (Phi) is 4.97. The Morgan fingerprint density at radius 3 is 2.56 bits per heavy atom. The van der Waals surface area contributed by atoms with Gasteiger partial charge in [0.2, 0.25) is 0 Å². The van der Waals surface area contributed by atoms with E-state index in [1.165, 1.54) is 19.2 Å². The lowest BCUT2D eigenvalue weighted by Gasteiger charge is -2.20. The highest BCUT2D eigenvalue weighted by Gasteiger charge is 2.22. The SMILES string of the molecule is COC(=O)[C@H](NCc1ccc(O)cc1O)C(C)C. The van der Waals surface area contributed by atoms with Gasteiger partial charge in [0.25, 0.3) is 0 Å². The normalized spacial score (nSPS) is 12.4. The zero-order valence-corrected chi connectivity index (χ0v) is 10.8. The van der Waals surface area contributed by atoms with Crippen molar-refractivity contribution >= 4 is 5.97 Å². The van der Waals surface area contributed by atoms with Crippen LogP contribution in [0.3, 0.4) is 0 Å². The summed E-state index contributed by atoms with van der Waals surface area (Å²) in [7, 11) is 1.34. The summed E-state index contributed by atoms with van der Waals surface area (Å²) in [5.74, 6) is -0.250. The Morgan fingerprint density at radius 2 is 2.06 bits per heavy atom. The molecule has 1 aromatic rings. The van der Waals surface area contributed by atoms with Crippen molar-refractivity contribution in [2.75, 3.05) is 7.11 Å². The van der Waals surface area contributed by atoms with Crippen LogP contribution in [-0.4, -0.2) is 29.3 Å². The summed E-state index contributed by atoms with van der Waals surface area (Å²) in [5.41, 5.74) is 0.613. The number of hydrogen-bond acceptors (Lipinski definition) is 5. The third kappa shape index (κ3) is 3.63. The van der Waals surface area contributed by atoms with Gasteiger partial charge in [-0.25, -0.2) is 0 Å². The molecule has 0 radical (unpaired) electrons. The molecular formula is C13H19NO4. The van der Waals surface area contributed by atoms with E-state index in [2.05, 4.69) is 5.32 Å². The number of carbonyl (C=O) groups excluding carboxylic acids is 1. The van der Waals surface area contributed by atoms with Crippen molar-refractivity contribution in [2.45, 2.75) is 26.4 Å². The summed E-state index contributed by atoms with van der Waals surface area (Å²) in [6.07, 6.45) is 0. The Labute approximate surface area is 106 Å². The summed E-state index contributed by atoms with van der Waals surface area (Å²) < 4.78 is 4.71. The number of phenols is 2. The van der Waals surface area contributed by atoms with Gasteiger partial charge in [0.05, 0.1) is 7.11 Å². The van der Waals surface area contributed by atoms with Crippen molar-refractivity contribution in [3.05, 3.63) is 23.8 Å². The van der Waals surface area contributed by atoms with E-state index in [9.17, 15) is 15.0 Å². The largest absolute Gasteiger partial charge is 0.508 e. The first kappa shape index (κ1) is 14.3. The van der Waals surface area contributed by atoms with Crippen LogP contribution in [0.1, 0.15) is 19.4 Å². The third-order valence-electron chi connectivity index (χ3n) is 2.70. The van der Waals surface area contributed by atoms with Crippen LogP contribution in [0.2, 0.25) is 0 Å². The third-order valence-corrected chi connectivity index (χ3v) is 2.70. The van der Waals surface area contributed by atoms with Crippen LogP contribution in [0, 0.1) is 5.92 Å². The summed E-state index contributed by atoms with van der Waals surface area (Å²) >= 11 is 0. The zero-order chi connectivity index (χ0) is 13.7. The van der Waals surface area contributed by atoms with Crippen LogP contribution in [0.5, 0.6) is 11.5 Å². The van der Waals surface area contributed by atoms with Crippen molar-refractivity contribution in [3.63, 3.8) is 0 Å². The molecule has 0 bridgehead atoms. The highest BCUT2D eigenvalue weighted by molar-refractivity contribution is 5.75. The van der Waals surface area contributed by atoms with Crippen LogP contribution in [0.15, 0.2) is 18.2 Å². The molecule has 0 aliphatic rings. The minimum atomic E-state index is -0.428. The molecule has 0 fully saturated rings. The van der Waals surface area contributed by atoms with Crippen LogP contribution in [-0.2, 0) is 16.1 Å². The quantitative estimate of drug-likeness (QED) is 0.691. The summed E-state index contributed by atoms with van der Waals surface area (Å²) in [6, 6.07) is 3.92. The molecule has 0 spiro atoms. The second-order valence-corrected chi connectivity index (χ2v) is 4.44. The molecule has 0 amide bonds. The topological polar surface area (TPSA) is 78.8 Å². The fourth-order valence-electron chi connectivity index (χ4n) is 1.64. The van der Waals surface area contributed by atoms with Crippen molar-refractivity contribution in [3.8, 4) is 11.5 Å². The van der Waals surface area contributed by atoms with E-state index in [-0.39, 0.29) is 23.4 Å². The molecular weight excluding hydrogens is 234 g/mol. The number of nitrogens with one attached hydrogen (secondary N) is 1. The molecule has 5 nitrogen and oxygen atoms in total. The van der Waals surface area contributed by atoms with Gasteiger partial charge >= 0.3 is 5.97 Å². The van der Waals surface area contributed by atoms with E-state index in [0.717, 1.165) is 0 Å². The average Bonchev–Trinajstić information content (AvgIpc) is 2.31. The summed E-state index contributed by atoms with van der Waals surface area (Å²) in [5, 5.41) is 21.8. The summed E-state index contributed by atoms with van der Waals surface area (Å²) in [4.78, 5) is 11.5. The van der Waals surface area contributed by atoms with E-state index in [4.69, 9.17) is 4.74 Å². The Morgan fingerprint density at radius 1 is 1.39 bits per heavy atom. The van der Waals surface area contributed by atoms with E-state index in [1.54, 1.807) is 6.07 Å². The van der Waals surface area contributed by atoms with Crippen molar-refractivity contribution in [1.82, 2.24) is 5.32 Å². The summed E-state index contributed by atoms with van der Waals surface area (Å²) in [6.45, 7) is 4.14. The number of hydrogen-bond donors (Lipinski definition) is 3. The molecule has 1 rings (SSSR count). The van der Waals surface area contributed by atoms with Crippen molar-refractivity contribution < 1.29 is 19.7 Å². The lowest BCUT2D eigenvalue weighted by Crippen LogP contribution is -2.41. The second kappa shape index (κ2) is 6.26. The fourth-order valence-corrected chi connectivity index (χ4v) is 1.64. The van der Waals surface area contributed by atoms with Gasteiger partial charge in [-0.2, -0.15) is 0 Å². The number of aromatic hydroxyl groups is 2. The van der Waals surface area contributed by atoms with Crippen LogP contribution < -0.4 is 5.32 Å². The first-order valence-electron chi connectivity index (χ1n) is 5.77. The standard InChI is InChI=1S/C13H19NO4/c1-8(2)12(13(17)18-3)14-7-9-4-5-10(15)6-11(9)16/h4-6,8,12,14-16H,7H2,1-3H3/t12-/m1/s1. The van der Waals surface area contributed by atoms with E-state index in [0.29, 0.717) is 12.1 Å². The first-order chi connectivity index (χ1) is 8.45. The maximum absolute atomic E-state index is 11.5. The van der Waals surface area contributed by atoms with Crippen LogP contribution >= 0.6 is 0 Å². The molecule has 0 aliphatic carbocycles. The Balaban J connectivity index is 2.70. The number of benzene rings is 1. The Bertz CT molecular complexity index is 417.